The molecular formula is C16H28N4O2. The van der Waals surface area contributed by atoms with Crippen molar-refractivity contribution in [1.82, 2.24) is 15.2 Å². The lowest BCUT2D eigenvalue weighted by Crippen LogP contribution is -2.32. The molecule has 2 atom stereocenters. The summed E-state index contributed by atoms with van der Waals surface area (Å²) in [6.45, 7) is 3.93. The van der Waals surface area contributed by atoms with Crippen LogP contribution in [0.3, 0.4) is 0 Å². The van der Waals surface area contributed by atoms with Gasteiger partial charge in [-0.15, -0.1) is 0 Å². The number of carbonyl (C=O) groups excluding carboxylic acids is 1. The van der Waals surface area contributed by atoms with E-state index in [0.29, 0.717) is 24.2 Å². The van der Waals surface area contributed by atoms with Crippen LogP contribution in [-0.2, 0) is 0 Å². The number of nitrogens with two attached hydrogens (primary N) is 1. The molecule has 2 rings (SSSR count). The maximum Gasteiger partial charge on any atom is 0.273 e. The average Bonchev–Trinajstić information content (AvgIpc) is 3.14. The van der Waals surface area contributed by atoms with Crippen molar-refractivity contribution in [3.05, 3.63) is 17.8 Å². The van der Waals surface area contributed by atoms with E-state index in [9.17, 15) is 4.79 Å². The second-order valence-corrected chi connectivity index (χ2v) is 6.14. The number of carbonyl (C=O) groups is 1. The minimum atomic E-state index is -0.228. The topological polar surface area (TPSA) is 84.4 Å². The summed E-state index contributed by atoms with van der Waals surface area (Å²) >= 11 is 0. The van der Waals surface area contributed by atoms with Crippen molar-refractivity contribution in [2.45, 2.75) is 57.5 Å². The molecule has 0 bridgehead atoms. The zero-order chi connectivity index (χ0) is 15.9. The first kappa shape index (κ1) is 17.0. The van der Waals surface area contributed by atoms with Crippen molar-refractivity contribution >= 4 is 5.91 Å². The Kier molecular flexibility index (Phi) is 6.39. The summed E-state index contributed by atoms with van der Waals surface area (Å²) in [6.07, 6.45) is 7.77. The maximum atomic E-state index is 12.1. The summed E-state index contributed by atoms with van der Waals surface area (Å²) < 4.78 is 5.34. The van der Waals surface area contributed by atoms with Gasteiger partial charge in [0, 0.05) is 12.6 Å². The van der Waals surface area contributed by atoms with Crippen molar-refractivity contribution in [2.24, 2.45) is 5.73 Å². The minimum Gasteiger partial charge on any atom is -0.446 e. The van der Waals surface area contributed by atoms with Crippen LogP contribution in [0.1, 0.15) is 67.9 Å². The van der Waals surface area contributed by atoms with Gasteiger partial charge in [-0.05, 0) is 39.3 Å². The lowest BCUT2D eigenvalue weighted by Gasteiger charge is -2.18. The summed E-state index contributed by atoms with van der Waals surface area (Å²) in [6, 6.07) is 0.351. The van der Waals surface area contributed by atoms with Crippen molar-refractivity contribution in [3.63, 3.8) is 0 Å². The van der Waals surface area contributed by atoms with E-state index < -0.39 is 0 Å². The van der Waals surface area contributed by atoms with E-state index in [1.165, 1.54) is 19.1 Å². The van der Waals surface area contributed by atoms with Gasteiger partial charge in [0.15, 0.2) is 5.69 Å². The molecular weight excluding hydrogens is 280 g/mol. The highest BCUT2D eigenvalue weighted by atomic mass is 16.3. The first-order valence-electron chi connectivity index (χ1n) is 8.31. The molecule has 6 nitrogen and oxygen atoms in total. The van der Waals surface area contributed by atoms with Gasteiger partial charge >= 0.3 is 0 Å². The van der Waals surface area contributed by atoms with E-state index in [4.69, 9.17) is 10.2 Å². The van der Waals surface area contributed by atoms with Gasteiger partial charge in [0.2, 0.25) is 5.89 Å². The molecule has 0 aliphatic carbocycles. The number of unbranched alkanes of at least 4 members (excludes halogenated alkanes) is 1. The highest BCUT2D eigenvalue weighted by Gasteiger charge is 2.21. The molecule has 2 heterocycles. The second-order valence-electron chi connectivity index (χ2n) is 6.14. The summed E-state index contributed by atoms with van der Waals surface area (Å²) in [4.78, 5) is 18.6. The Morgan fingerprint density at radius 2 is 2.45 bits per heavy atom. The minimum absolute atomic E-state index is 0.182. The van der Waals surface area contributed by atoms with Gasteiger partial charge in [-0.3, -0.25) is 4.79 Å². The van der Waals surface area contributed by atoms with Gasteiger partial charge in [0.05, 0.1) is 6.04 Å². The first-order chi connectivity index (χ1) is 10.6. The largest absolute Gasteiger partial charge is 0.446 e. The summed E-state index contributed by atoms with van der Waals surface area (Å²) in [7, 11) is 2.14. The molecule has 1 aliphatic rings. The molecule has 1 aliphatic heterocycles. The van der Waals surface area contributed by atoms with E-state index >= 15 is 0 Å². The molecule has 6 heteroatoms. The smallest absolute Gasteiger partial charge is 0.273 e. The van der Waals surface area contributed by atoms with Crippen LogP contribution < -0.4 is 11.1 Å². The van der Waals surface area contributed by atoms with Gasteiger partial charge in [0.25, 0.3) is 5.91 Å². The standard InChI is InChI=1S/C16H28N4O2/c1-3-4-7-13(17)16-19-14(11-22-16)15(21)18-9-8-12-6-5-10-20(12)2/h11-13H,3-10,17H2,1-2H3,(H,18,21). The normalized spacial score (nSPS) is 20.2. The third-order valence-electron chi connectivity index (χ3n) is 4.38. The highest BCUT2D eigenvalue weighted by Crippen LogP contribution is 2.18. The molecule has 1 amide bonds. The molecule has 1 aromatic rings. The number of amides is 1. The van der Waals surface area contributed by atoms with E-state index in [2.05, 4.69) is 29.2 Å². The van der Waals surface area contributed by atoms with Gasteiger partial charge in [0.1, 0.15) is 6.26 Å². The fourth-order valence-electron chi connectivity index (χ4n) is 2.90. The molecule has 22 heavy (non-hydrogen) atoms. The zero-order valence-electron chi connectivity index (χ0n) is 13.7. The van der Waals surface area contributed by atoms with E-state index in [-0.39, 0.29) is 11.9 Å². The number of aromatic nitrogens is 1. The quantitative estimate of drug-likeness (QED) is 0.768. The van der Waals surface area contributed by atoms with Crippen LogP contribution in [0.2, 0.25) is 0 Å². The Labute approximate surface area is 132 Å². The van der Waals surface area contributed by atoms with Crippen LogP contribution in [0.4, 0.5) is 0 Å². The van der Waals surface area contributed by atoms with Crippen LogP contribution in [0.25, 0.3) is 0 Å². The molecule has 2 unspecified atom stereocenters. The zero-order valence-corrected chi connectivity index (χ0v) is 13.7. The van der Waals surface area contributed by atoms with E-state index in [1.54, 1.807) is 0 Å². The van der Waals surface area contributed by atoms with Gasteiger partial charge in [-0.2, -0.15) is 0 Å². The fraction of sp³-hybridized carbons (Fsp3) is 0.750. The summed E-state index contributed by atoms with van der Waals surface area (Å²) in [5.41, 5.74) is 6.32. The number of nitrogens with one attached hydrogen (secondary N) is 1. The molecule has 1 fully saturated rings. The van der Waals surface area contributed by atoms with Gasteiger partial charge < -0.3 is 20.4 Å². The number of likely N-dealkylation sites (tertiary alicyclic amines) is 1. The van der Waals surface area contributed by atoms with Crippen molar-refractivity contribution in [2.75, 3.05) is 20.1 Å². The monoisotopic (exact) mass is 308 g/mol. The Morgan fingerprint density at radius 1 is 1.64 bits per heavy atom. The van der Waals surface area contributed by atoms with Crippen LogP contribution >= 0.6 is 0 Å². The van der Waals surface area contributed by atoms with Gasteiger partial charge in [-0.1, -0.05) is 19.8 Å². The predicted molar refractivity (Wildman–Crippen MR) is 85.6 cm³/mol. The summed E-state index contributed by atoms with van der Waals surface area (Å²) in [5, 5.41) is 2.91. The Hall–Kier alpha value is -1.40. The SMILES string of the molecule is CCCCC(N)c1nc(C(=O)NCCC2CCCN2C)co1. The number of rotatable bonds is 8. The lowest BCUT2D eigenvalue weighted by molar-refractivity contribution is 0.0945. The Balaban J connectivity index is 1.76. The van der Waals surface area contributed by atoms with Crippen molar-refractivity contribution < 1.29 is 9.21 Å². The molecule has 1 saturated heterocycles. The maximum absolute atomic E-state index is 12.1. The van der Waals surface area contributed by atoms with Crippen LogP contribution in [-0.4, -0.2) is 42.0 Å². The number of hydrogen-bond acceptors (Lipinski definition) is 5. The number of nitrogens with zero attached hydrogens (tertiary/aromatic N) is 2. The average molecular weight is 308 g/mol. The summed E-state index contributed by atoms with van der Waals surface area (Å²) in [5.74, 6) is 0.271. The predicted octanol–water partition coefficient (Wildman–Crippen LogP) is 2.08. The number of oxazole rings is 1. The van der Waals surface area contributed by atoms with Crippen LogP contribution in [0.5, 0.6) is 0 Å². The number of hydrogen-bond donors (Lipinski definition) is 2. The van der Waals surface area contributed by atoms with Crippen LogP contribution in [0.15, 0.2) is 10.7 Å². The molecule has 0 radical (unpaired) electrons. The van der Waals surface area contributed by atoms with Crippen molar-refractivity contribution in [3.8, 4) is 0 Å². The third-order valence-corrected chi connectivity index (χ3v) is 4.38. The van der Waals surface area contributed by atoms with E-state index in [1.807, 2.05) is 0 Å². The molecule has 1 aromatic heterocycles. The molecule has 0 spiro atoms. The van der Waals surface area contributed by atoms with Crippen molar-refractivity contribution in [1.29, 1.82) is 0 Å². The molecule has 0 saturated carbocycles. The highest BCUT2D eigenvalue weighted by molar-refractivity contribution is 5.91. The molecule has 3 N–H and O–H groups in total. The lowest BCUT2D eigenvalue weighted by atomic mass is 10.1. The Morgan fingerprint density at radius 3 is 3.14 bits per heavy atom. The van der Waals surface area contributed by atoms with Gasteiger partial charge in [-0.25, -0.2) is 4.98 Å². The first-order valence-corrected chi connectivity index (χ1v) is 8.31. The van der Waals surface area contributed by atoms with E-state index in [0.717, 1.165) is 32.2 Å². The van der Waals surface area contributed by atoms with Crippen LogP contribution in [0, 0.1) is 0 Å². The second kappa shape index (κ2) is 8.29. The Bertz CT molecular complexity index is 474. The molecule has 124 valence electrons. The fourth-order valence-corrected chi connectivity index (χ4v) is 2.90. The molecule has 0 aromatic carbocycles. The third kappa shape index (κ3) is 4.55.